The van der Waals surface area contributed by atoms with Gasteiger partial charge in [0.05, 0.1) is 6.61 Å². The molecule has 2 N–H and O–H groups in total. The summed E-state index contributed by atoms with van der Waals surface area (Å²) in [4.78, 5) is 4.19. The first-order valence-electron chi connectivity index (χ1n) is 9.08. The third kappa shape index (κ3) is 10.3. The van der Waals surface area contributed by atoms with Crippen LogP contribution in [0.5, 0.6) is 0 Å². The van der Waals surface area contributed by atoms with Gasteiger partial charge in [-0.3, -0.25) is 4.99 Å². The van der Waals surface area contributed by atoms with Gasteiger partial charge in [0.15, 0.2) is 5.96 Å². The topological polar surface area (TPSA) is 45.7 Å². The zero-order valence-corrected chi connectivity index (χ0v) is 18.1. The minimum atomic E-state index is -0.220. The SMILES string of the molecule is CN=C(NCCCCOCCc1ccccc1)NCc1ccc(F)cc1.I. The lowest BCUT2D eigenvalue weighted by Crippen LogP contribution is -2.37. The number of aliphatic imine (C=N–C) groups is 1. The predicted octanol–water partition coefficient (Wildman–Crippen LogP) is 4.15. The van der Waals surface area contributed by atoms with Crippen LogP contribution >= 0.6 is 24.0 Å². The molecule has 27 heavy (non-hydrogen) atoms. The van der Waals surface area contributed by atoms with Crippen LogP contribution in [0.4, 0.5) is 4.39 Å². The summed E-state index contributed by atoms with van der Waals surface area (Å²) in [6.07, 6.45) is 2.98. The van der Waals surface area contributed by atoms with Gasteiger partial charge in [-0.15, -0.1) is 24.0 Å². The van der Waals surface area contributed by atoms with Gasteiger partial charge in [-0.05, 0) is 42.5 Å². The summed E-state index contributed by atoms with van der Waals surface area (Å²) in [5.74, 6) is 0.529. The number of halogens is 2. The molecule has 0 atom stereocenters. The highest BCUT2D eigenvalue weighted by Crippen LogP contribution is 2.02. The van der Waals surface area contributed by atoms with E-state index < -0.39 is 0 Å². The molecular formula is C21H29FIN3O. The van der Waals surface area contributed by atoms with E-state index in [1.807, 2.05) is 6.07 Å². The molecule has 0 fully saturated rings. The first-order chi connectivity index (χ1) is 12.8. The smallest absolute Gasteiger partial charge is 0.191 e. The average molecular weight is 485 g/mol. The van der Waals surface area contributed by atoms with Crippen LogP contribution in [0.1, 0.15) is 24.0 Å². The van der Waals surface area contributed by atoms with E-state index in [0.29, 0.717) is 6.54 Å². The van der Waals surface area contributed by atoms with Crippen LogP contribution in [0.2, 0.25) is 0 Å². The lowest BCUT2D eigenvalue weighted by atomic mass is 10.2. The Labute approximate surface area is 178 Å². The molecule has 6 heteroatoms. The summed E-state index contributed by atoms with van der Waals surface area (Å²) in [6, 6.07) is 16.8. The Morgan fingerprint density at radius 1 is 0.926 bits per heavy atom. The van der Waals surface area contributed by atoms with Crippen LogP contribution in [0.3, 0.4) is 0 Å². The zero-order valence-electron chi connectivity index (χ0n) is 15.8. The van der Waals surface area contributed by atoms with Gasteiger partial charge >= 0.3 is 0 Å². The van der Waals surface area contributed by atoms with Crippen molar-refractivity contribution < 1.29 is 9.13 Å². The fourth-order valence-electron chi connectivity index (χ4n) is 2.48. The quantitative estimate of drug-likeness (QED) is 0.230. The third-order valence-electron chi connectivity index (χ3n) is 3.98. The molecule has 0 aliphatic rings. The summed E-state index contributed by atoms with van der Waals surface area (Å²) < 4.78 is 18.6. The number of unbranched alkanes of at least 4 members (excludes halogenated alkanes) is 1. The third-order valence-corrected chi connectivity index (χ3v) is 3.98. The van der Waals surface area contributed by atoms with Crippen molar-refractivity contribution in [2.75, 3.05) is 26.8 Å². The molecule has 2 aromatic rings. The average Bonchev–Trinajstić information content (AvgIpc) is 2.68. The first-order valence-corrected chi connectivity index (χ1v) is 9.08. The maximum atomic E-state index is 12.9. The molecule has 2 aromatic carbocycles. The van der Waals surface area contributed by atoms with Gasteiger partial charge in [-0.25, -0.2) is 4.39 Å². The molecule has 0 saturated heterocycles. The maximum absolute atomic E-state index is 12.9. The summed E-state index contributed by atoms with van der Waals surface area (Å²) in [6.45, 7) is 2.99. The van der Waals surface area contributed by atoms with Gasteiger partial charge in [0, 0.05) is 26.7 Å². The Balaban J connectivity index is 0.00000364. The molecular weight excluding hydrogens is 456 g/mol. The molecule has 4 nitrogen and oxygen atoms in total. The summed E-state index contributed by atoms with van der Waals surface area (Å²) >= 11 is 0. The van der Waals surface area contributed by atoms with E-state index in [2.05, 4.69) is 39.9 Å². The molecule has 2 rings (SSSR count). The Morgan fingerprint density at radius 2 is 1.67 bits per heavy atom. The first kappa shape index (κ1) is 23.4. The normalized spacial score (nSPS) is 11.0. The lowest BCUT2D eigenvalue weighted by molar-refractivity contribution is 0.133. The van der Waals surface area contributed by atoms with Gasteiger partial charge < -0.3 is 15.4 Å². The van der Waals surface area contributed by atoms with Crippen molar-refractivity contribution in [3.8, 4) is 0 Å². The number of ether oxygens (including phenoxy) is 1. The second-order valence-corrected chi connectivity index (χ2v) is 6.03. The summed E-state index contributed by atoms with van der Waals surface area (Å²) in [5, 5.41) is 6.50. The van der Waals surface area contributed by atoms with Gasteiger partial charge in [0.1, 0.15) is 5.82 Å². The minimum Gasteiger partial charge on any atom is -0.381 e. The van der Waals surface area contributed by atoms with Crippen molar-refractivity contribution in [2.45, 2.75) is 25.8 Å². The summed E-state index contributed by atoms with van der Waals surface area (Å²) in [5.41, 5.74) is 2.33. The van der Waals surface area contributed by atoms with Crippen molar-refractivity contribution in [3.63, 3.8) is 0 Å². The van der Waals surface area contributed by atoms with E-state index in [9.17, 15) is 4.39 Å². The van der Waals surface area contributed by atoms with E-state index in [1.165, 1.54) is 17.7 Å². The molecule has 0 amide bonds. The number of hydrogen-bond donors (Lipinski definition) is 2. The largest absolute Gasteiger partial charge is 0.381 e. The molecule has 0 bridgehead atoms. The fourth-order valence-corrected chi connectivity index (χ4v) is 2.48. The second kappa shape index (κ2) is 14.4. The van der Waals surface area contributed by atoms with E-state index in [4.69, 9.17) is 4.74 Å². The molecule has 0 radical (unpaired) electrons. The Hall–Kier alpha value is -1.67. The van der Waals surface area contributed by atoms with Gasteiger partial charge in [-0.2, -0.15) is 0 Å². The Morgan fingerprint density at radius 3 is 2.37 bits per heavy atom. The number of rotatable bonds is 10. The van der Waals surface area contributed by atoms with Crippen LogP contribution in [-0.4, -0.2) is 32.8 Å². The van der Waals surface area contributed by atoms with Gasteiger partial charge in [-0.1, -0.05) is 42.5 Å². The zero-order chi connectivity index (χ0) is 18.5. The molecule has 0 aliphatic heterocycles. The second-order valence-electron chi connectivity index (χ2n) is 6.03. The van der Waals surface area contributed by atoms with E-state index in [-0.39, 0.29) is 29.8 Å². The van der Waals surface area contributed by atoms with Gasteiger partial charge in [0.2, 0.25) is 0 Å². The van der Waals surface area contributed by atoms with Crippen molar-refractivity contribution in [2.24, 2.45) is 4.99 Å². The predicted molar refractivity (Wildman–Crippen MR) is 120 cm³/mol. The van der Waals surface area contributed by atoms with Crippen molar-refractivity contribution in [3.05, 3.63) is 71.5 Å². The Kier molecular flexibility index (Phi) is 12.5. The van der Waals surface area contributed by atoms with Crippen molar-refractivity contribution in [1.29, 1.82) is 0 Å². The van der Waals surface area contributed by atoms with Crippen LogP contribution in [0, 0.1) is 5.82 Å². The molecule has 0 aliphatic carbocycles. The van der Waals surface area contributed by atoms with Crippen LogP contribution in [0.15, 0.2) is 59.6 Å². The van der Waals surface area contributed by atoms with Crippen LogP contribution in [0.25, 0.3) is 0 Å². The van der Waals surface area contributed by atoms with Gasteiger partial charge in [0.25, 0.3) is 0 Å². The molecule has 0 saturated carbocycles. The molecule has 0 unspecified atom stereocenters. The van der Waals surface area contributed by atoms with E-state index in [0.717, 1.165) is 50.5 Å². The van der Waals surface area contributed by atoms with E-state index >= 15 is 0 Å². The number of hydrogen-bond acceptors (Lipinski definition) is 2. The maximum Gasteiger partial charge on any atom is 0.191 e. The Bertz CT molecular complexity index is 650. The number of nitrogens with zero attached hydrogens (tertiary/aromatic N) is 1. The molecule has 0 heterocycles. The van der Waals surface area contributed by atoms with Crippen molar-refractivity contribution in [1.82, 2.24) is 10.6 Å². The molecule has 0 aromatic heterocycles. The highest BCUT2D eigenvalue weighted by atomic mass is 127. The fraction of sp³-hybridized carbons (Fsp3) is 0.381. The number of benzene rings is 2. The van der Waals surface area contributed by atoms with Crippen LogP contribution < -0.4 is 10.6 Å². The summed E-state index contributed by atoms with van der Waals surface area (Å²) in [7, 11) is 1.74. The van der Waals surface area contributed by atoms with Crippen molar-refractivity contribution >= 4 is 29.9 Å². The molecule has 0 spiro atoms. The number of nitrogens with one attached hydrogen (secondary N) is 2. The monoisotopic (exact) mass is 485 g/mol. The number of guanidine groups is 1. The standard InChI is InChI=1S/C21H28FN3O.HI/c1-23-21(25-17-19-9-11-20(22)12-10-19)24-14-5-6-15-26-16-13-18-7-3-2-4-8-18;/h2-4,7-12H,5-6,13-17H2,1H3,(H2,23,24,25);1H. The molecule has 148 valence electrons. The van der Waals surface area contributed by atoms with Crippen LogP contribution in [-0.2, 0) is 17.7 Å². The highest BCUT2D eigenvalue weighted by molar-refractivity contribution is 14.0. The highest BCUT2D eigenvalue weighted by Gasteiger charge is 1.99. The van der Waals surface area contributed by atoms with E-state index in [1.54, 1.807) is 19.2 Å². The lowest BCUT2D eigenvalue weighted by Gasteiger charge is -2.12. The minimum absolute atomic E-state index is 0.